The lowest BCUT2D eigenvalue weighted by molar-refractivity contribution is -0.196. The second-order valence-electron chi connectivity index (χ2n) is 8.98. The van der Waals surface area contributed by atoms with Crippen LogP contribution in [0.3, 0.4) is 0 Å². The first-order chi connectivity index (χ1) is 13.0. The minimum atomic E-state index is -0.692. The van der Waals surface area contributed by atoms with Crippen LogP contribution in [0, 0.1) is 17.3 Å². The number of carbonyl (C=O) groups is 2. The smallest absolute Gasteiger partial charge is 0.312 e. The third-order valence-electron chi connectivity index (χ3n) is 6.60. The maximum atomic E-state index is 12.7. The molecule has 0 spiro atoms. The second-order valence-corrected chi connectivity index (χ2v) is 8.98. The van der Waals surface area contributed by atoms with Crippen LogP contribution in [0.25, 0.3) is 0 Å². The minimum Gasteiger partial charge on any atom is -0.455 e. The van der Waals surface area contributed by atoms with E-state index < -0.39 is 11.0 Å². The topological polar surface area (TPSA) is 75.6 Å². The van der Waals surface area contributed by atoms with E-state index in [1.165, 1.54) is 5.56 Å². The summed E-state index contributed by atoms with van der Waals surface area (Å²) in [5.41, 5.74) is -0.00666. The quantitative estimate of drug-likeness (QED) is 0.571. The number of esters is 1. The Balaban J connectivity index is 1.21. The molecule has 4 bridgehead atoms. The molecule has 4 atom stereocenters. The van der Waals surface area contributed by atoms with Gasteiger partial charge in [-0.2, -0.15) is 0 Å². The van der Waals surface area contributed by atoms with Crippen LogP contribution in [0.15, 0.2) is 30.3 Å². The summed E-state index contributed by atoms with van der Waals surface area (Å²) < 4.78 is 5.39. The summed E-state index contributed by atoms with van der Waals surface area (Å²) in [5, 5.41) is 13.6. The normalized spacial score (nSPS) is 33.7. The SMILES string of the molecule is O=C(COC(=O)C12C[C@@H]3C[C@@H](CC(O)(C3)C1)C2)NCCCc1ccccc1. The van der Waals surface area contributed by atoms with Crippen LogP contribution in [0.1, 0.15) is 50.5 Å². The Bertz CT molecular complexity index is 688. The summed E-state index contributed by atoms with van der Waals surface area (Å²) in [6.45, 7) is 0.347. The van der Waals surface area contributed by atoms with E-state index in [1.54, 1.807) is 0 Å². The molecule has 0 aliphatic heterocycles. The van der Waals surface area contributed by atoms with Crippen LogP contribution >= 0.6 is 0 Å². The lowest BCUT2D eigenvalue weighted by Gasteiger charge is -2.58. The number of benzene rings is 1. The van der Waals surface area contributed by atoms with Crippen molar-refractivity contribution in [1.29, 1.82) is 0 Å². The maximum absolute atomic E-state index is 12.7. The summed E-state index contributed by atoms with van der Waals surface area (Å²) in [6, 6.07) is 10.1. The van der Waals surface area contributed by atoms with E-state index in [0.717, 1.165) is 44.9 Å². The number of ether oxygens (including phenoxy) is 1. The fourth-order valence-electron chi connectivity index (χ4n) is 5.95. The van der Waals surface area contributed by atoms with E-state index >= 15 is 0 Å². The largest absolute Gasteiger partial charge is 0.455 e. The zero-order chi connectivity index (χ0) is 18.9. The average molecular weight is 371 g/mol. The Morgan fingerprint density at radius 2 is 1.81 bits per heavy atom. The van der Waals surface area contributed by atoms with Gasteiger partial charge in [0.05, 0.1) is 11.0 Å². The molecule has 1 aromatic rings. The molecule has 4 aliphatic rings. The summed E-state index contributed by atoms with van der Waals surface area (Å²) in [7, 11) is 0. The Labute approximate surface area is 160 Å². The van der Waals surface area contributed by atoms with Crippen molar-refractivity contribution < 1.29 is 19.4 Å². The van der Waals surface area contributed by atoms with Crippen molar-refractivity contribution in [2.45, 2.75) is 57.0 Å². The highest BCUT2D eigenvalue weighted by atomic mass is 16.5. The number of rotatable bonds is 7. The third-order valence-corrected chi connectivity index (χ3v) is 6.60. The number of hydrogen-bond acceptors (Lipinski definition) is 4. The van der Waals surface area contributed by atoms with E-state index in [1.807, 2.05) is 18.2 Å². The van der Waals surface area contributed by atoms with E-state index in [0.29, 0.717) is 24.8 Å². The number of nitrogens with one attached hydrogen (secondary N) is 1. The van der Waals surface area contributed by atoms with Gasteiger partial charge in [-0.25, -0.2) is 0 Å². The predicted octanol–water partition coefficient (Wildman–Crippen LogP) is 2.61. The molecule has 146 valence electrons. The number of carbonyl (C=O) groups excluding carboxylic acids is 2. The minimum absolute atomic E-state index is 0.223. The Kier molecular flexibility index (Phi) is 4.97. The highest BCUT2D eigenvalue weighted by Gasteiger charge is 2.60. The standard InChI is InChI=1S/C22H29NO4/c24-19(23-8-4-7-16-5-2-1-3-6-16)14-27-20(25)21-10-17-9-18(11-21)13-22(26,12-17)15-21/h1-3,5-6,17-18,26H,4,7-15H2,(H,23,24)/t17-,18+,21?,22?. The van der Waals surface area contributed by atoms with Crippen molar-refractivity contribution >= 4 is 11.9 Å². The first-order valence-corrected chi connectivity index (χ1v) is 10.2. The molecular weight excluding hydrogens is 342 g/mol. The van der Waals surface area contributed by atoms with Gasteiger partial charge in [0.15, 0.2) is 6.61 Å². The zero-order valence-electron chi connectivity index (χ0n) is 15.8. The molecule has 5 heteroatoms. The molecule has 0 heterocycles. The third kappa shape index (κ3) is 4.03. The number of hydrogen-bond donors (Lipinski definition) is 2. The van der Waals surface area contributed by atoms with E-state index in [4.69, 9.17) is 4.74 Å². The van der Waals surface area contributed by atoms with Gasteiger partial charge in [-0.1, -0.05) is 30.3 Å². The van der Waals surface area contributed by atoms with Gasteiger partial charge >= 0.3 is 5.97 Å². The van der Waals surface area contributed by atoms with Gasteiger partial charge in [0.1, 0.15) is 0 Å². The van der Waals surface area contributed by atoms with Gasteiger partial charge < -0.3 is 15.2 Å². The fourth-order valence-corrected chi connectivity index (χ4v) is 5.95. The molecule has 27 heavy (non-hydrogen) atoms. The van der Waals surface area contributed by atoms with Gasteiger partial charge in [0.2, 0.25) is 0 Å². The van der Waals surface area contributed by atoms with Gasteiger partial charge in [-0.15, -0.1) is 0 Å². The molecule has 4 aliphatic carbocycles. The average Bonchev–Trinajstić information content (AvgIpc) is 2.62. The van der Waals surface area contributed by atoms with Crippen molar-refractivity contribution in [3.8, 4) is 0 Å². The molecule has 2 N–H and O–H groups in total. The lowest BCUT2D eigenvalue weighted by Crippen LogP contribution is -2.58. The number of aliphatic hydroxyl groups is 1. The summed E-state index contributed by atoms with van der Waals surface area (Å²) in [5.74, 6) is 0.320. The number of aryl methyl sites for hydroxylation is 1. The molecular formula is C22H29NO4. The van der Waals surface area contributed by atoms with E-state index in [9.17, 15) is 14.7 Å². The van der Waals surface area contributed by atoms with Crippen LogP contribution in [-0.4, -0.2) is 35.7 Å². The fraction of sp³-hybridized carbons (Fsp3) is 0.636. The van der Waals surface area contributed by atoms with Crippen LogP contribution in [-0.2, 0) is 20.7 Å². The molecule has 5 rings (SSSR count). The molecule has 2 unspecified atom stereocenters. The highest BCUT2D eigenvalue weighted by molar-refractivity contribution is 5.83. The zero-order valence-corrected chi connectivity index (χ0v) is 15.8. The highest BCUT2D eigenvalue weighted by Crippen LogP contribution is 2.61. The summed E-state index contributed by atoms with van der Waals surface area (Å²) >= 11 is 0. The Morgan fingerprint density at radius 1 is 1.11 bits per heavy atom. The van der Waals surface area contributed by atoms with Gasteiger partial charge in [0, 0.05) is 6.54 Å². The first kappa shape index (κ1) is 18.5. The van der Waals surface area contributed by atoms with Gasteiger partial charge in [-0.3, -0.25) is 9.59 Å². The van der Waals surface area contributed by atoms with Crippen LogP contribution < -0.4 is 5.32 Å². The Morgan fingerprint density at radius 3 is 2.48 bits per heavy atom. The summed E-state index contributed by atoms with van der Waals surface area (Å²) in [6.07, 6.45) is 6.65. The van der Waals surface area contributed by atoms with Crippen molar-refractivity contribution in [1.82, 2.24) is 5.32 Å². The van der Waals surface area contributed by atoms with Gasteiger partial charge in [-0.05, 0) is 68.8 Å². The second kappa shape index (κ2) is 7.27. The molecule has 0 aromatic heterocycles. The molecule has 0 saturated heterocycles. The maximum Gasteiger partial charge on any atom is 0.312 e. The molecule has 4 saturated carbocycles. The van der Waals surface area contributed by atoms with Crippen LogP contribution in [0.4, 0.5) is 0 Å². The lowest BCUT2D eigenvalue weighted by atomic mass is 9.48. The van der Waals surface area contributed by atoms with Crippen molar-refractivity contribution in [2.75, 3.05) is 13.2 Å². The van der Waals surface area contributed by atoms with Crippen LogP contribution in [0.2, 0.25) is 0 Å². The van der Waals surface area contributed by atoms with Crippen LogP contribution in [0.5, 0.6) is 0 Å². The van der Waals surface area contributed by atoms with Crippen molar-refractivity contribution in [2.24, 2.45) is 17.3 Å². The molecule has 4 fully saturated rings. The number of amides is 1. The van der Waals surface area contributed by atoms with Crippen molar-refractivity contribution in [3.63, 3.8) is 0 Å². The van der Waals surface area contributed by atoms with E-state index in [-0.39, 0.29) is 18.5 Å². The molecule has 1 amide bonds. The predicted molar refractivity (Wildman–Crippen MR) is 101 cm³/mol. The molecule has 0 radical (unpaired) electrons. The van der Waals surface area contributed by atoms with Crippen molar-refractivity contribution in [3.05, 3.63) is 35.9 Å². The molecule has 5 nitrogen and oxygen atoms in total. The summed E-state index contributed by atoms with van der Waals surface area (Å²) in [4.78, 5) is 24.8. The Hall–Kier alpha value is -1.88. The monoisotopic (exact) mass is 371 g/mol. The first-order valence-electron chi connectivity index (χ1n) is 10.2. The molecule has 1 aromatic carbocycles. The van der Waals surface area contributed by atoms with Gasteiger partial charge in [0.25, 0.3) is 5.91 Å². The van der Waals surface area contributed by atoms with E-state index in [2.05, 4.69) is 17.4 Å².